The Labute approximate surface area is 76.2 Å². The standard InChI is InChI=1S/C9H12N2O2/c10-7-4-2-1-3-6(7)5-8(11)9(12)13/h1-4,8H,5,10-11H2,(H,12,13). The molecule has 0 saturated heterocycles. The summed E-state index contributed by atoms with van der Waals surface area (Å²) in [6.07, 6.45) is 0.266. The molecule has 70 valence electrons. The van der Waals surface area contributed by atoms with Crippen LogP contribution in [0.1, 0.15) is 5.56 Å². The van der Waals surface area contributed by atoms with Crippen LogP contribution in [0, 0.1) is 0 Å². The van der Waals surface area contributed by atoms with Gasteiger partial charge in [-0.15, -0.1) is 0 Å². The fraction of sp³-hybridized carbons (Fsp3) is 0.222. The SMILES string of the molecule is Nc1ccccc1CC(N)C(=O)O. The summed E-state index contributed by atoms with van der Waals surface area (Å²) in [5.41, 5.74) is 12.3. The molecule has 1 aromatic rings. The van der Waals surface area contributed by atoms with Gasteiger partial charge in [-0.2, -0.15) is 0 Å². The van der Waals surface area contributed by atoms with E-state index in [4.69, 9.17) is 16.6 Å². The Morgan fingerprint density at radius 1 is 1.46 bits per heavy atom. The summed E-state index contributed by atoms with van der Waals surface area (Å²) >= 11 is 0. The van der Waals surface area contributed by atoms with Crippen LogP contribution < -0.4 is 11.5 Å². The fourth-order valence-electron chi connectivity index (χ4n) is 1.04. The predicted molar refractivity (Wildman–Crippen MR) is 50.2 cm³/mol. The van der Waals surface area contributed by atoms with Crippen LogP contribution in [-0.4, -0.2) is 17.1 Å². The van der Waals surface area contributed by atoms with Crippen LogP contribution in [0.4, 0.5) is 5.69 Å². The smallest absolute Gasteiger partial charge is 0.320 e. The van der Waals surface area contributed by atoms with Gasteiger partial charge in [-0.1, -0.05) is 18.2 Å². The van der Waals surface area contributed by atoms with Gasteiger partial charge < -0.3 is 16.6 Å². The number of carbonyl (C=O) groups is 1. The maximum Gasteiger partial charge on any atom is 0.320 e. The van der Waals surface area contributed by atoms with Gasteiger partial charge >= 0.3 is 5.97 Å². The van der Waals surface area contributed by atoms with Crippen molar-refractivity contribution in [3.8, 4) is 0 Å². The number of hydrogen-bond donors (Lipinski definition) is 3. The monoisotopic (exact) mass is 180 g/mol. The van der Waals surface area contributed by atoms with E-state index < -0.39 is 12.0 Å². The normalized spacial score (nSPS) is 12.4. The maximum absolute atomic E-state index is 10.4. The molecule has 1 aromatic carbocycles. The molecule has 0 bridgehead atoms. The first kappa shape index (κ1) is 9.54. The number of rotatable bonds is 3. The zero-order valence-corrected chi connectivity index (χ0v) is 7.10. The van der Waals surface area contributed by atoms with Gasteiger partial charge in [0.05, 0.1) is 0 Å². The second-order valence-corrected chi connectivity index (χ2v) is 2.85. The van der Waals surface area contributed by atoms with Crippen molar-refractivity contribution in [2.24, 2.45) is 5.73 Å². The van der Waals surface area contributed by atoms with E-state index in [-0.39, 0.29) is 6.42 Å². The van der Waals surface area contributed by atoms with Crippen LogP contribution >= 0.6 is 0 Å². The third-order valence-corrected chi connectivity index (χ3v) is 1.81. The first-order valence-electron chi connectivity index (χ1n) is 3.93. The number of carboxylic acid groups (broad SMARTS) is 1. The number of carboxylic acids is 1. The van der Waals surface area contributed by atoms with Crippen LogP contribution in [0.2, 0.25) is 0 Å². The molecule has 4 heteroatoms. The highest BCUT2D eigenvalue weighted by Gasteiger charge is 2.12. The number of nitrogen functional groups attached to an aromatic ring is 1. The fourth-order valence-corrected chi connectivity index (χ4v) is 1.04. The van der Waals surface area contributed by atoms with E-state index in [2.05, 4.69) is 0 Å². The van der Waals surface area contributed by atoms with Gasteiger partial charge in [0.1, 0.15) is 6.04 Å². The largest absolute Gasteiger partial charge is 0.480 e. The van der Waals surface area contributed by atoms with Gasteiger partial charge in [0, 0.05) is 12.1 Å². The predicted octanol–water partition coefficient (Wildman–Crippen LogP) is 0.223. The Bertz CT molecular complexity index is 312. The van der Waals surface area contributed by atoms with Crippen molar-refractivity contribution in [1.29, 1.82) is 0 Å². The quantitative estimate of drug-likeness (QED) is 0.580. The molecule has 1 rings (SSSR count). The number of benzene rings is 1. The van der Waals surface area contributed by atoms with E-state index in [9.17, 15) is 4.79 Å². The van der Waals surface area contributed by atoms with Crippen LogP contribution in [0.5, 0.6) is 0 Å². The Kier molecular flexibility index (Phi) is 2.87. The molecule has 4 nitrogen and oxygen atoms in total. The van der Waals surface area contributed by atoms with Crippen molar-refractivity contribution < 1.29 is 9.90 Å². The van der Waals surface area contributed by atoms with Crippen molar-refractivity contribution in [3.05, 3.63) is 29.8 Å². The molecule has 0 saturated carbocycles. The Morgan fingerprint density at radius 2 is 2.08 bits per heavy atom. The van der Waals surface area contributed by atoms with Gasteiger partial charge in [0.15, 0.2) is 0 Å². The zero-order chi connectivity index (χ0) is 9.84. The minimum Gasteiger partial charge on any atom is -0.480 e. The van der Waals surface area contributed by atoms with Crippen molar-refractivity contribution in [1.82, 2.24) is 0 Å². The zero-order valence-electron chi connectivity index (χ0n) is 7.10. The molecule has 0 radical (unpaired) electrons. The lowest BCUT2D eigenvalue weighted by atomic mass is 10.1. The number of aliphatic carboxylic acids is 1. The molecule has 1 atom stereocenters. The summed E-state index contributed by atoms with van der Waals surface area (Å²) in [4.78, 5) is 10.4. The van der Waals surface area contributed by atoms with Gasteiger partial charge in [-0.05, 0) is 11.6 Å². The van der Waals surface area contributed by atoms with Crippen molar-refractivity contribution in [3.63, 3.8) is 0 Å². The molecular formula is C9H12N2O2. The maximum atomic E-state index is 10.4. The average Bonchev–Trinajstić information content (AvgIpc) is 2.08. The summed E-state index contributed by atoms with van der Waals surface area (Å²) in [6.45, 7) is 0. The van der Waals surface area contributed by atoms with Gasteiger partial charge in [-0.25, -0.2) is 0 Å². The lowest BCUT2D eigenvalue weighted by Crippen LogP contribution is -2.32. The molecule has 13 heavy (non-hydrogen) atoms. The summed E-state index contributed by atoms with van der Waals surface area (Å²) in [5, 5.41) is 8.57. The summed E-state index contributed by atoms with van der Waals surface area (Å²) in [5.74, 6) is -1.01. The minimum atomic E-state index is -1.01. The van der Waals surface area contributed by atoms with Gasteiger partial charge in [0.2, 0.25) is 0 Å². The number of para-hydroxylation sites is 1. The number of anilines is 1. The Hall–Kier alpha value is -1.55. The van der Waals surface area contributed by atoms with Crippen LogP contribution in [0.3, 0.4) is 0 Å². The third kappa shape index (κ3) is 2.45. The molecular weight excluding hydrogens is 168 g/mol. The highest BCUT2D eigenvalue weighted by Crippen LogP contribution is 2.11. The first-order chi connectivity index (χ1) is 6.11. The van der Waals surface area contributed by atoms with Crippen molar-refractivity contribution in [2.45, 2.75) is 12.5 Å². The molecule has 0 aliphatic carbocycles. The highest BCUT2D eigenvalue weighted by molar-refractivity contribution is 5.74. The van der Waals surface area contributed by atoms with E-state index in [1.807, 2.05) is 0 Å². The topological polar surface area (TPSA) is 89.3 Å². The summed E-state index contributed by atoms with van der Waals surface area (Å²) < 4.78 is 0. The van der Waals surface area contributed by atoms with Crippen LogP contribution in [0.25, 0.3) is 0 Å². The van der Waals surface area contributed by atoms with E-state index in [0.717, 1.165) is 5.56 Å². The Balaban J connectivity index is 2.74. The number of nitrogens with two attached hydrogens (primary N) is 2. The Morgan fingerprint density at radius 3 is 2.62 bits per heavy atom. The van der Waals surface area contributed by atoms with Gasteiger partial charge in [-0.3, -0.25) is 4.79 Å². The molecule has 0 aliphatic rings. The molecule has 0 spiro atoms. The molecule has 0 amide bonds. The van der Waals surface area contributed by atoms with Crippen LogP contribution in [0.15, 0.2) is 24.3 Å². The van der Waals surface area contributed by atoms with E-state index in [1.54, 1.807) is 24.3 Å². The molecule has 0 aromatic heterocycles. The van der Waals surface area contributed by atoms with Crippen LogP contribution in [-0.2, 0) is 11.2 Å². The molecule has 0 fully saturated rings. The second-order valence-electron chi connectivity index (χ2n) is 2.85. The molecule has 1 unspecified atom stereocenters. The summed E-state index contributed by atoms with van der Waals surface area (Å²) in [7, 11) is 0. The highest BCUT2D eigenvalue weighted by atomic mass is 16.4. The van der Waals surface area contributed by atoms with Crippen molar-refractivity contribution in [2.75, 3.05) is 5.73 Å². The lowest BCUT2D eigenvalue weighted by molar-refractivity contribution is -0.138. The second kappa shape index (κ2) is 3.91. The average molecular weight is 180 g/mol. The molecule has 0 aliphatic heterocycles. The van der Waals surface area contributed by atoms with E-state index in [1.165, 1.54) is 0 Å². The molecule has 5 N–H and O–H groups in total. The molecule has 0 heterocycles. The van der Waals surface area contributed by atoms with E-state index in [0.29, 0.717) is 5.69 Å². The van der Waals surface area contributed by atoms with Crippen molar-refractivity contribution >= 4 is 11.7 Å². The van der Waals surface area contributed by atoms with E-state index >= 15 is 0 Å². The number of hydrogen-bond acceptors (Lipinski definition) is 3. The first-order valence-corrected chi connectivity index (χ1v) is 3.93. The lowest BCUT2D eigenvalue weighted by Gasteiger charge is -2.08. The van der Waals surface area contributed by atoms with Gasteiger partial charge in [0.25, 0.3) is 0 Å². The minimum absolute atomic E-state index is 0.266. The third-order valence-electron chi connectivity index (χ3n) is 1.81. The summed E-state index contributed by atoms with van der Waals surface area (Å²) in [6, 6.07) is 6.22.